The normalized spacial score (nSPS) is 10.6. The van der Waals surface area contributed by atoms with E-state index in [1.807, 2.05) is 13.0 Å². The predicted octanol–water partition coefficient (Wildman–Crippen LogP) is 4.65. The first-order valence-corrected chi connectivity index (χ1v) is 8.92. The van der Waals surface area contributed by atoms with Crippen LogP contribution >= 0.6 is 15.9 Å². The third-order valence-electron chi connectivity index (χ3n) is 3.74. The molecule has 2 aromatic rings. The molecule has 0 saturated carbocycles. The molecule has 0 unspecified atom stereocenters. The molecule has 1 heterocycles. The molecule has 0 bridgehead atoms. The molecule has 0 fully saturated rings. The van der Waals surface area contributed by atoms with Crippen LogP contribution in [0.4, 0.5) is 11.6 Å². The molecule has 1 aromatic carbocycles. The molecule has 0 radical (unpaired) electrons. The number of aryl methyl sites for hydroxylation is 1. The summed E-state index contributed by atoms with van der Waals surface area (Å²) in [6.45, 7) is 6.08. The smallest absolute Gasteiger partial charge is 0.339 e. The van der Waals surface area contributed by atoms with Gasteiger partial charge in [0.1, 0.15) is 0 Å². The first-order chi connectivity index (χ1) is 12.0. The average molecular weight is 408 g/mol. The van der Waals surface area contributed by atoms with Gasteiger partial charge in [0, 0.05) is 21.9 Å². The molecule has 0 aliphatic rings. The van der Waals surface area contributed by atoms with Crippen molar-refractivity contribution < 1.29 is 14.3 Å². The number of halogens is 1. The largest absolute Gasteiger partial charge is 0.474 e. The summed E-state index contributed by atoms with van der Waals surface area (Å²) in [5.74, 6) is 0.555. The summed E-state index contributed by atoms with van der Waals surface area (Å²) in [6, 6.07) is 5.27. The fraction of sp³-hybridized carbons (Fsp3) is 0.389. The lowest BCUT2D eigenvalue weighted by molar-refractivity contribution is 0.0599. The SMILES string of the molecule is CCC(CC)Oc1nc(Nc2ccc(Br)c(C(=O)OC)c2)ncc1C. The number of nitrogens with one attached hydrogen (secondary N) is 1. The van der Waals surface area contributed by atoms with Crippen LogP contribution < -0.4 is 10.1 Å². The van der Waals surface area contributed by atoms with E-state index >= 15 is 0 Å². The Hall–Kier alpha value is -2.15. The van der Waals surface area contributed by atoms with Gasteiger partial charge in [0.15, 0.2) is 0 Å². The van der Waals surface area contributed by atoms with Crippen LogP contribution in [0.3, 0.4) is 0 Å². The summed E-state index contributed by atoms with van der Waals surface area (Å²) < 4.78 is 11.4. The molecule has 0 aliphatic heterocycles. The number of anilines is 2. The summed E-state index contributed by atoms with van der Waals surface area (Å²) in [4.78, 5) is 20.5. The summed E-state index contributed by atoms with van der Waals surface area (Å²) in [7, 11) is 1.35. The summed E-state index contributed by atoms with van der Waals surface area (Å²) >= 11 is 3.34. The van der Waals surface area contributed by atoms with Crippen LogP contribution in [0, 0.1) is 6.92 Å². The number of carbonyl (C=O) groups excluding carboxylic acids is 1. The third kappa shape index (κ3) is 4.92. The zero-order valence-electron chi connectivity index (χ0n) is 14.8. The van der Waals surface area contributed by atoms with E-state index < -0.39 is 5.97 Å². The van der Waals surface area contributed by atoms with Crippen molar-refractivity contribution in [3.05, 3.63) is 40.0 Å². The van der Waals surface area contributed by atoms with Gasteiger partial charge in [0.25, 0.3) is 0 Å². The molecule has 1 N–H and O–H groups in total. The highest BCUT2D eigenvalue weighted by Gasteiger charge is 2.13. The molecular formula is C18H22BrN3O3. The number of esters is 1. The first kappa shape index (κ1) is 19.2. The fourth-order valence-corrected chi connectivity index (χ4v) is 2.63. The Bertz CT molecular complexity index is 748. The minimum absolute atomic E-state index is 0.125. The van der Waals surface area contributed by atoms with E-state index in [2.05, 4.69) is 45.1 Å². The van der Waals surface area contributed by atoms with Gasteiger partial charge in [-0.25, -0.2) is 9.78 Å². The number of hydrogen-bond acceptors (Lipinski definition) is 6. The molecule has 0 amide bonds. The molecule has 1 aromatic heterocycles. The van der Waals surface area contributed by atoms with Gasteiger partial charge >= 0.3 is 5.97 Å². The maximum absolute atomic E-state index is 11.8. The lowest BCUT2D eigenvalue weighted by Crippen LogP contribution is -2.16. The number of carbonyl (C=O) groups is 1. The third-order valence-corrected chi connectivity index (χ3v) is 4.43. The Morgan fingerprint density at radius 2 is 2.04 bits per heavy atom. The van der Waals surface area contributed by atoms with E-state index in [9.17, 15) is 4.79 Å². The molecule has 25 heavy (non-hydrogen) atoms. The van der Waals surface area contributed by atoms with E-state index in [4.69, 9.17) is 9.47 Å². The minimum atomic E-state index is -0.418. The predicted molar refractivity (Wildman–Crippen MR) is 101 cm³/mol. The maximum atomic E-state index is 11.8. The second-order valence-electron chi connectivity index (χ2n) is 5.55. The molecule has 2 rings (SSSR count). The molecule has 6 nitrogen and oxygen atoms in total. The van der Waals surface area contributed by atoms with Crippen LogP contribution in [-0.2, 0) is 4.74 Å². The van der Waals surface area contributed by atoms with Gasteiger partial charge in [-0.3, -0.25) is 0 Å². The molecule has 0 atom stereocenters. The Morgan fingerprint density at radius 1 is 1.32 bits per heavy atom. The molecule has 0 spiro atoms. The van der Waals surface area contributed by atoms with Crippen molar-refractivity contribution in [1.82, 2.24) is 9.97 Å². The topological polar surface area (TPSA) is 73.3 Å². The Balaban J connectivity index is 2.24. The van der Waals surface area contributed by atoms with Crippen LogP contribution in [0.2, 0.25) is 0 Å². The van der Waals surface area contributed by atoms with E-state index in [-0.39, 0.29) is 6.10 Å². The number of aromatic nitrogens is 2. The zero-order chi connectivity index (χ0) is 18.4. The van der Waals surface area contributed by atoms with Gasteiger partial charge in [-0.1, -0.05) is 13.8 Å². The van der Waals surface area contributed by atoms with Gasteiger partial charge in [0.05, 0.1) is 18.8 Å². The number of methoxy groups -OCH3 is 1. The Kier molecular flexibility index (Phi) is 6.75. The standard InChI is InChI=1S/C18H22BrN3O3/c1-5-13(6-2)25-16-11(3)10-20-18(22-16)21-12-7-8-15(19)14(9-12)17(23)24-4/h7-10,13H,5-6H2,1-4H3,(H,20,21,22). The maximum Gasteiger partial charge on any atom is 0.339 e. The van der Waals surface area contributed by atoms with Crippen LogP contribution in [0.15, 0.2) is 28.9 Å². The van der Waals surface area contributed by atoms with Crippen LogP contribution in [0.5, 0.6) is 5.88 Å². The van der Waals surface area contributed by atoms with Crippen molar-refractivity contribution in [3.8, 4) is 5.88 Å². The number of hydrogen-bond donors (Lipinski definition) is 1. The van der Waals surface area contributed by atoms with Crippen molar-refractivity contribution >= 4 is 33.5 Å². The summed E-state index contributed by atoms with van der Waals surface area (Å²) in [5.41, 5.74) is 1.98. The van der Waals surface area contributed by atoms with Gasteiger partial charge < -0.3 is 14.8 Å². The van der Waals surface area contributed by atoms with E-state index in [0.29, 0.717) is 27.6 Å². The molecule has 7 heteroatoms. The number of nitrogens with zero attached hydrogens (tertiary/aromatic N) is 2. The van der Waals surface area contributed by atoms with E-state index in [0.717, 1.165) is 18.4 Å². The van der Waals surface area contributed by atoms with E-state index in [1.54, 1.807) is 18.3 Å². The van der Waals surface area contributed by atoms with Gasteiger partial charge in [0.2, 0.25) is 11.8 Å². The molecular weight excluding hydrogens is 386 g/mol. The van der Waals surface area contributed by atoms with Crippen molar-refractivity contribution in [1.29, 1.82) is 0 Å². The highest BCUT2D eigenvalue weighted by atomic mass is 79.9. The number of ether oxygens (including phenoxy) is 2. The number of benzene rings is 1. The van der Waals surface area contributed by atoms with Gasteiger partial charge in [-0.2, -0.15) is 4.98 Å². The second-order valence-corrected chi connectivity index (χ2v) is 6.40. The van der Waals surface area contributed by atoms with Gasteiger partial charge in [-0.05, 0) is 53.9 Å². The Labute approximate surface area is 156 Å². The molecule has 134 valence electrons. The fourth-order valence-electron chi connectivity index (χ4n) is 2.22. The minimum Gasteiger partial charge on any atom is -0.474 e. The average Bonchev–Trinajstić information content (AvgIpc) is 2.63. The van der Waals surface area contributed by atoms with Crippen LogP contribution in [0.25, 0.3) is 0 Å². The number of rotatable bonds is 7. The summed E-state index contributed by atoms with van der Waals surface area (Å²) in [5, 5.41) is 3.10. The lowest BCUT2D eigenvalue weighted by Gasteiger charge is -2.17. The monoisotopic (exact) mass is 407 g/mol. The van der Waals surface area contributed by atoms with Crippen LogP contribution in [-0.4, -0.2) is 29.2 Å². The lowest BCUT2D eigenvalue weighted by atomic mass is 10.2. The van der Waals surface area contributed by atoms with Crippen LogP contribution in [0.1, 0.15) is 42.6 Å². The summed E-state index contributed by atoms with van der Waals surface area (Å²) in [6.07, 6.45) is 3.67. The van der Waals surface area contributed by atoms with Crippen molar-refractivity contribution in [2.45, 2.75) is 39.7 Å². The highest BCUT2D eigenvalue weighted by Crippen LogP contribution is 2.25. The highest BCUT2D eigenvalue weighted by molar-refractivity contribution is 9.10. The van der Waals surface area contributed by atoms with Crippen molar-refractivity contribution in [2.75, 3.05) is 12.4 Å². The zero-order valence-corrected chi connectivity index (χ0v) is 16.4. The Morgan fingerprint density at radius 3 is 2.68 bits per heavy atom. The molecule has 0 saturated heterocycles. The first-order valence-electron chi connectivity index (χ1n) is 8.13. The van der Waals surface area contributed by atoms with E-state index in [1.165, 1.54) is 7.11 Å². The van der Waals surface area contributed by atoms with Gasteiger partial charge in [-0.15, -0.1) is 0 Å². The second kappa shape index (κ2) is 8.80. The van der Waals surface area contributed by atoms with Crippen molar-refractivity contribution in [2.24, 2.45) is 0 Å². The molecule has 0 aliphatic carbocycles. The quantitative estimate of drug-likeness (QED) is 0.673. The van der Waals surface area contributed by atoms with Crippen molar-refractivity contribution in [3.63, 3.8) is 0 Å².